The van der Waals surface area contributed by atoms with Crippen LogP contribution in [-0.2, 0) is 0 Å². The maximum Gasteiger partial charge on any atom is 0.195 e. The highest BCUT2D eigenvalue weighted by atomic mass is 35.5. The Kier molecular flexibility index (Phi) is 2.95. The van der Waals surface area contributed by atoms with Gasteiger partial charge in [-0.2, -0.15) is 0 Å². The predicted octanol–water partition coefficient (Wildman–Crippen LogP) is 3.77. The van der Waals surface area contributed by atoms with Crippen molar-refractivity contribution in [1.29, 1.82) is 0 Å². The second-order valence-corrected chi connectivity index (χ2v) is 4.86. The summed E-state index contributed by atoms with van der Waals surface area (Å²) in [5.74, 6) is -0.619. The van der Waals surface area contributed by atoms with Gasteiger partial charge >= 0.3 is 0 Å². The number of aromatic amines is 1. The summed E-state index contributed by atoms with van der Waals surface area (Å²) >= 11 is 5.83. The summed E-state index contributed by atoms with van der Waals surface area (Å²) in [6.45, 7) is 0. The minimum absolute atomic E-state index is 0.231. The molecule has 0 unspecified atom stereocenters. The number of fused-ring (bicyclic) bond motifs is 1. The largest absolute Gasteiger partial charge is 0.398 e. The number of nitrogens with one attached hydrogen (secondary N) is 1. The van der Waals surface area contributed by atoms with Crippen molar-refractivity contribution in [2.24, 2.45) is 0 Å². The quantitative estimate of drug-likeness (QED) is 0.557. The fraction of sp³-hybridized carbons (Fsp3) is 0. The van der Waals surface area contributed by atoms with E-state index in [0.29, 0.717) is 32.7 Å². The summed E-state index contributed by atoms with van der Waals surface area (Å²) in [6, 6.07) is 8.95. The Hall–Kier alpha value is -2.33. The number of halogens is 2. The van der Waals surface area contributed by atoms with E-state index in [1.54, 1.807) is 24.4 Å². The van der Waals surface area contributed by atoms with E-state index in [1.807, 2.05) is 0 Å². The van der Waals surface area contributed by atoms with Crippen molar-refractivity contribution >= 4 is 34.0 Å². The van der Waals surface area contributed by atoms with Gasteiger partial charge in [-0.15, -0.1) is 0 Å². The summed E-state index contributed by atoms with van der Waals surface area (Å²) in [6.07, 6.45) is 1.57. The first kappa shape index (κ1) is 12.7. The van der Waals surface area contributed by atoms with E-state index < -0.39 is 0 Å². The van der Waals surface area contributed by atoms with Gasteiger partial charge in [0.25, 0.3) is 0 Å². The standard InChI is InChI=1S/C15H10ClFN2O/c16-12-3-1-8(5-13(12)18)15(20)11-7-19-14-4-2-9(17)6-10(11)14/h1-7,19H,18H2. The topological polar surface area (TPSA) is 58.9 Å². The third-order valence-electron chi connectivity index (χ3n) is 3.15. The van der Waals surface area contributed by atoms with E-state index in [-0.39, 0.29) is 11.6 Å². The first-order valence-electron chi connectivity index (χ1n) is 5.92. The molecule has 0 atom stereocenters. The summed E-state index contributed by atoms with van der Waals surface area (Å²) in [7, 11) is 0. The molecule has 100 valence electrons. The van der Waals surface area contributed by atoms with E-state index in [4.69, 9.17) is 17.3 Å². The highest BCUT2D eigenvalue weighted by Crippen LogP contribution is 2.25. The van der Waals surface area contributed by atoms with Crippen molar-refractivity contribution < 1.29 is 9.18 Å². The average Bonchev–Trinajstić information content (AvgIpc) is 2.84. The number of carbonyl (C=O) groups excluding carboxylic acids is 1. The Labute approximate surface area is 119 Å². The fourth-order valence-electron chi connectivity index (χ4n) is 2.12. The van der Waals surface area contributed by atoms with Crippen LogP contribution in [0, 0.1) is 5.82 Å². The minimum Gasteiger partial charge on any atom is -0.398 e. The maximum absolute atomic E-state index is 13.3. The second kappa shape index (κ2) is 4.65. The van der Waals surface area contributed by atoms with Crippen LogP contribution < -0.4 is 5.73 Å². The van der Waals surface area contributed by atoms with E-state index in [9.17, 15) is 9.18 Å². The fourth-order valence-corrected chi connectivity index (χ4v) is 2.24. The number of anilines is 1. The van der Waals surface area contributed by atoms with E-state index in [1.165, 1.54) is 18.2 Å². The Morgan fingerprint density at radius 3 is 2.75 bits per heavy atom. The zero-order chi connectivity index (χ0) is 14.3. The van der Waals surface area contributed by atoms with Crippen LogP contribution in [0.1, 0.15) is 15.9 Å². The number of hydrogen-bond donors (Lipinski definition) is 2. The van der Waals surface area contributed by atoms with Crippen LogP contribution >= 0.6 is 11.6 Å². The molecular weight excluding hydrogens is 279 g/mol. The number of nitrogens with two attached hydrogens (primary N) is 1. The number of benzene rings is 2. The summed E-state index contributed by atoms with van der Waals surface area (Å²) in [5.41, 5.74) is 7.56. The molecule has 0 saturated heterocycles. The molecule has 20 heavy (non-hydrogen) atoms. The maximum atomic E-state index is 13.3. The predicted molar refractivity (Wildman–Crippen MR) is 77.6 cm³/mol. The third-order valence-corrected chi connectivity index (χ3v) is 3.49. The van der Waals surface area contributed by atoms with Gasteiger partial charge in [-0.3, -0.25) is 4.79 Å². The molecule has 3 rings (SSSR count). The number of nitrogen functional groups attached to an aromatic ring is 1. The molecule has 2 aromatic carbocycles. The van der Waals surface area contributed by atoms with E-state index in [2.05, 4.69) is 4.98 Å². The van der Waals surface area contributed by atoms with Crippen molar-refractivity contribution in [1.82, 2.24) is 4.98 Å². The van der Waals surface area contributed by atoms with E-state index in [0.717, 1.165) is 0 Å². The van der Waals surface area contributed by atoms with Crippen LogP contribution in [0.3, 0.4) is 0 Å². The Morgan fingerprint density at radius 2 is 2.00 bits per heavy atom. The van der Waals surface area contributed by atoms with Gasteiger partial charge in [0, 0.05) is 28.2 Å². The monoisotopic (exact) mass is 288 g/mol. The Morgan fingerprint density at radius 1 is 1.20 bits per heavy atom. The number of hydrogen-bond acceptors (Lipinski definition) is 2. The molecule has 3 N–H and O–H groups in total. The van der Waals surface area contributed by atoms with Gasteiger partial charge in [0.05, 0.1) is 10.7 Å². The van der Waals surface area contributed by atoms with Gasteiger partial charge in [0.2, 0.25) is 0 Å². The number of aromatic nitrogens is 1. The van der Waals surface area contributed by atoms with Gasteiger partial charge in [-0.1, -0.05) is 11.6 Å². The molecule has 1 aromatic heterocycles. The van der Waals surface area contributed by atoms with Crippen molar-refractivity contribution in [3.8, 4) is 0 Å². The molecule has 0 radical (unpaired) electrons. The SMILES string of the molecule is Nc1cc(C(=O)c2c[nH]c3ccc(F)cc23)ccc1Cl. The summed E-state index contributed by atoms with van der Waals surface area (Å²) < 4.78 is 13.3. The van der Waals surface area contributed by atoms with Crippen LogP contribution in [0.4, 0.5) is 10.1 Å². The zero-order valence-electron chi connectivity index (χ0n) is 10.3. The summed E-state index contributed by atoms with van der Waals surface area (Å²) in [5, 5.41) is 0.940. The lowest BCUT2D eigenvalue weighted by molar-refractivity contribution is 0.104. The third kappa shape index (κ3) is 2.04. The molecule has 1 heterocycles. The average molecular weight is 289 g/mol. The van der Waals surface area contributed by atoms with Gasteiger partial charge in [0.15, 0.2) is 5.78 Å². The van der Waals surface area contributed by atoms with Crippen LogP contribution in [0.15, 0.2) is 42.6 Å². The molecule has 3 nitrogen and oxygen atoms in total. The number of rotatable bonds is 2. The van der Waals surface area contributed by atoms with Crippen LogP contribution in [0.25, 0.3) is 10.9 Å². The Balaban J connectivity index is 2.12. The van der Waals surface area contributed by atoms with Crippen LogP contribution in [0.2, 0.25) is 5.02 Å². The van der Waals surface area contributed by atoms with Crippen molar-refractivity contribution in [3.05, 3.63) is 64.6 Å². The highest BCUT2D eigenvalue weighted by Gasteiger charge is 2.15. The molecule has 3 aromatic rings. The number of carbonyl (C=O) groups is 1. The molecule has 0 amide bonds. The molecule has 0 bridgehead atoms. The first-order valence-corrected chi connectivity index (χ1v) is 6.30. The molecule has 5 heteroatoms. The smallest absolute Gasteiger partial charge is 0.195 e. The molecule has 0 aliphatic carbocycles. The van der Waals surface area contributed by atoms with Gasteiger partial charge in [0.1, 0.15) is 5.82 Å². The molecule has 0 saturated carbocycles. The van der Waals surface area contributed by atoms with E-state index >= 15 is 0 Å². The molecular formula is C15H10ClFN2O. The van der Waals surface area contributed by atoms with Gasteiger partial charge < -0.3 is 10.7 Å². The van der Waals surface area contributed by atoms with Gasteiger partial charge in [-0.05, 0) is 36.4 Å². The molecule has 0 spiro atoms. The lowest BCUT2D eigenvalue weighted by atomic mass is 10.0. The number of H-pyrrole nitrogens is 1. The first-order chi connectivity index (χ1) is 9.56. The number of ketones is 1. The van der Waals surface area contributed by atoms with Crippen molar-refractivity contribution in [2.75, 3.05) is 5.73 Å². The molecule has 0 fully saturated rings. The second-order valence-electron chi connectivity index (χ2n) is 4.46. The zero-order valence-corrected chi connectivity index (χ0v) is 11.0. The highest BCUT2D eigenvalue weighted by molar-refractivity contribution is 6.33. The lowest BCUT2D eigenvalue weighted by Crippen LogP contribution is -2.01. The van der Waals surface area contributed by atoms with Gasteiger partial charge in [-0.25, -0.2) is 4.39 Å². The molecule has 0 aliphatic heterocycles. The van der Waals surface area contributed by atoms with Crippen LogP contribution in [-0.4, -0.2) is 10.8 Å². The lowest BCUT2D eigenvalue weighted by Gasteiger charge is -2.03. The minimum atomic E-state index is -0.387. The normalized spacial score (nSPS) is 10.9. The summed E-state index contributed by atoms with van der Waals surface area (Å²) in [4.78, 5) is 15.4. The Bertz CT molecular complexity index is 826. The van der Waals surface area contributed by atoms with Crippen molar-refractivity contribution in [3.63, 3.8) is 0 Å². The molecule has 0 aliphatic rings. The van der Waals surface area contributed by atoms with Crippen LogP contribution in [0.5, 0.6) is 0 Å². The van der Waals surface area contributed by atoms with Crippen molar-refractivity contribution in [2.45, 2.75) is 0 Å².